The van der Waals surface area contributed by atoms with Crippen molar-refractivity contribution in [1.82, 2.24) is 19.9 Å². The van der Waals surface area contributed by atoms with Crippen LogP contribution < -0.4 is 0 Å². The van der Waals surface area contributed by atoms with Crippen molar-refractivity contribution in [3.05, 3.63) is 41.7 Å². The number of hydrogen-bond acceptors (Lipinski definition) is 4. The number of carboxylic acid groups (broad SMARTS) is 1. The Hall–Kier alpha value is -2.91. The highest BCUT2D eigenvalue weighted by Crippen LogP contribution is 2.33. The Morgan fingerprint density at radius 3 is 2.71 bits per heavy atom. The molecule has 3 rings (SSSR count). The molecule has 0 spiro atoms. The van der Waals surface area contributed by atoms with Crippen molar-refractivity contribution in [3.63, 3.8) is 0 Å². The highest BCUT2D eigenvalue weighted by Gasteiger charge is 2.34. The second kappa shape index (κ2) is 7.99. The average Bonchev–Trinajstić information content (AvgIpc) is 3.15. The zero-order chi connectivity index (χ0) is 20.3. The monoisotopic (exact) mass is 396 g/mol. The summed E-state index contributed by atoms with van der Waals surface area (Å²) in [6.45, 7) is 0.895. The molecule has 2 aromatic rings. The number of aromatic nitrogens is 3. The predicted octanol–water partition coefficient (Wildman–Crippen LogP) is 3.00. The Balaban J connectivity index is 1.75. The number of hydrogen-bond donors (Lipinski definition) is 1. The highest BCUT2D eigenvalue weighted by molar-refractivity contribution is 5.92. The van der Waals surface area contributed by atoms with Crippen LogP contribution in [0.15, 0.2) is 30.5 Å². The van der Waals surface area contributed by atoms with E-state index in [1.807, 2.05) is 0 Å². The van der Waals surface area contributed by atoms with Crippen LogP contribution in [-0.4, -0.2) is 50.0 Å². The normalized spacial score (nSPS) is 17.5. The van der Waals surface area contributed by atoms with Gasteiger partial charge in [-0.25, -0.2) is 4.68 Å². The molecule has 10 heteroatoms. The first-order chi connectivity index (χ1) is 13.3. The molecule has 1 amide bonds. The molecule has 7 nitrogen and oxygen atoms in total. The van der Waals surface area contributed by atoms with Gasteiger partial charge in [-0.3, -0.25) is 9.59 Å². The second-order valence-corrected chi connectivity index (χ2v) is 6.76. The van der Waals surface area contributed by atoms with E-state index in [9.17, 15) is 22.8 Å². The molecule has 1 unspecified atom stereocenters. The van der Waals surface area contributed by atoms with Crippen LogP contribution >= 0.6 is 0 Å². The van der Waals surface area contributed by atoms with Gasteiger partial charge in [0.1, 0.15) is 0 Å². The first-order valence-electron chi connectivity index (χ1n) is 8.85. The number of para-hydroxylation sites is 1. The number of carboxylic acids is 1. The average molecular weight is 396 g/mol. The number of amides is 1. The fourth-order valence-electron chi connectivity index (χ4n) is 3.37. The van der Waals surface area contributed by atoms with Gasteiger partial charge in [0.25, 0.3) is 5.91 Å². The molecule has 150 valence electrons. The van der Waals surface area contributed by atoms with Crippen LogP contribution in [0.25, 0.3) is 5.69 Å². The molecule has 1 atom stereocenters. The summed E-state index contributed by atoms with van der Waals surface area (Å²) in [5, 5.41) is 16.3. The molecule has 0 aliphatic carbocycles. The van der Waals surface area contributed by atoms with E-state index in [-0.39, 0.29) is 23.7 Å². The lowest BCUT2D eigenvalue weighted by Gasteiger charge is -2.32. The van der Waals surface area contributed by atoms with Gasteiger partial charge in [0.05, 0.1) is 17.4 Å². The summed E-state index contributed by atoms with van der Waals surface area (Å²) in [5.74, 6) is -1.22. The van der Waals surface area contributed by atoms with E-state index in [4.69, 9.17) is 5.11 Å². The summed E-state index contributed by atoms with van der Waals surface area (Å²) < 4.78 is 40.5. The SMILES string of the molecule is O=C(O)CCC1CCCN(C(=O)c2cn(-c3ccccc3C(F)(F)F)nn2)C1. The van der Waals surface area contributed by atoms with Gasteiger partial charge in [0.2, 0.25) is 0 Å². The summed E-state index contributed by atoms with van der Waals surface area (Å²) in [6, 6.07) is 4.93. The molecule has 2 heterocycles. The number of benzene rings is 1. The molecule has 1 aliphatic rings. The van der Waals surface area contributed by atoms with Crippen LogP contribution in [0.1, 0.15) is 41.7 Å². The number of rotatable bonds is 5. The third kappa shape index (κ3) is 4.49. The van der Waals surface area contributed by atoms with Gasteiger partial charge in [0.15, 0.2) is 5.69 Å². The van der Waals surface area contributed by atoms with Crippen LogP contribution in [0.4, 0.5) is 13.2 Å². The lowest BCUT2D eigenvalue weighted by molar-refractivity contribution is -0.138. The van der Waals surface area contributed by atoms with Crippen molar-refractivity contribution < 1.29 is 27.9 Å². The maximum absolute atomic E-state index is 13.2. The van der Waals surface area contributed by atoms with Crippen molar-refractivity contribution >= 4 is 11.9 Å². The van der Waals surface area contributed by atoms with Crippen molar-refractivity contribution in [2.75, 3.05) is 13.1 Å². The Kier molecular flexibility index (Phi) is 5.66. The van der Waals surface area contributed by atoms with Crippen LogP contribution in [0.3, 0.4) is 0 Å². The van der Waals surface area contributed by atoms with E-state index >= 15 is 0 Å². The third-order valence-corrected chi connectivity index (χ3v) is 4.74. The molecule has 0 saturated carbocycles. The molecule has 1 aromatic carbocycles. The van der Waals surface area contributed by atoms with Gasteiger partial charge < -0.3 is 10.0 Å². The largest absolute Gasteiger partial charge is 0.481 e. The van der Waals surface area contributed by atoms with E-state index in [2.05, 4.69) is 10.3 Å². The Morgan fingerprint density at radius 1 is 1.25 bits per heavy atom. The Labute approximate surface area is 158 Å². The molecule has 1 fully saturated rings. The summed E-state index contributed by atoms with van der Waals surface area (Å²) in [5.41, 5.74) is -1.12. The zero-order valence-electron chi connectivity index (χ0n) is 14.9. The topological polar surface area (TPSA) is 88.3 Å². The van der Waals surface area contributed by atoms with Crippen LogP contribution in [-0.2, 0) is 11.0 Å². The molecule has 1 aliphatic heterocycles. The molecule has 1 N–H and O–H groups in total. The van der Waals surface area contributed by atoms with E-state index < -0.39 is 23.6 Å². The van der Waals surface area contributed by atoms with Gasteiger partial charge in [0, 0.05) is 19.5 Å². The molecule has 1 saturated heterocycles. The highest BCUT2D eigenvalue weighted by atomic mass is 19.4. The maximum Gasteiger partial charge on any atom is 0.418 e. The van der Waals surface area contributed by atoms with Crippen LogP contribution in [0.5, 0.6) is 0 Å². The Bertz CT molecular complexity index is 866. The number of halogens is 3. The lowest BCUT2D eigenvalue weighted by Crippen LogP contribution is -2.40. The fraction of sp³-hybridized carbons (Fsp3) is 0.444. The first-order valence-corrected chi connectivity index (χ1v) is 8.85. The maximum atomic E-state index is 13.2. The second-order valence-electron chi connectivity index (χ2n) is 6.76. The van der Waals surface area contributed by atoms with Crippen molar-refractivity contribution in [2.45, 2.75) is 31.9 Å². The number of carbonyl (C=O) groups is 2. The predicted molar refractivity (Wildman–Crippen MR) is 91.9 cm³/mol. The molecular formula is C18H19F3N4O3. The molecule has 1 aromatic heterocycles. The number of aliphatic carboxylic acids is 1. The number of carbonyl (C=O) groups excluding carboxylic acids is 1. The van der Waals surface area contributed by atoms with Crippen LogP contribution in [0.2, 0.25) is 0 Å². The Morgan fingerprint density at radius 2 is 2.00 bits per heavy atom. The van der Waals surface area contributed by atoms with E-state index in [1.165, 1.54) is 24.4 Å². The number of alkyl halides is 3. The minimum Gasteiger partial charge on any atom is -0.481 e. The molecule has 0 radical (unpaired) electrons. The summed E-state index contributed by atoms with van der Waals surface area (Å²) in [4.78, 5) is 25.0. The minimum atomic E-state index is -4.56. The van der Waals surface area contributed by atoms with Crippen LogP contribution in [0, 0.1) is 5.92 Å². The van der Waals surface area contributed by atoms with Gasteiger partial charge >= 0.3 is 12.1 Å². The number of likely N-dealkylation sites (tertiary alicyclic amines) is 1. The van der Waals surface area contributed by atoms with E-state index in [1.54, 1.807) is 4.90 Å². The molecule has 28 heavy (non-hydrogen) atoms. The third-order valence-electron chi connectivity index (χ3n) is 4.74. The van der Waals surface area contributed by atoms with Crippen molar-refractivity contribution in [1.29, 1.82) is 0 Å². The summed E-state index contributed by atoms with van der Waals surface area (Å²) in [6.07, 6.45) is -1.28. The van der Waals surface area contributed by atoms with Gasteiger partial charge in [-0.15, -0.1) is 5.10 Å². The van der Waals surface area contributed by atoms with Gasteiger partial charge in [-0.2, -0.15) is 13.2 Å². The minimum absolute atomic E-state index is 0.0388. The summed E-state index contributed by atoms with van der Waals surface area (Å²) in [7, 11) is 0. The van der Waals surface area contributed by atoms with E-state index in [0.29, 0.717) is 19.5 Å². The van der Waals surface area contributed by atoms with Gasteiger partial charge in [-0.05, 0) is 37.3 Å². The fourth-order valence-corrected chi connectivity index (χ4v) is 3.37. The molecular weight excluding hydrogens is 377 g/mol. The smallest absolute Gasteiger partial charge is 0.418 e. The summed E-state index contributed by atoms with van der Waals surface area (Å²) >= 11 is 0. The number of nitrogens with zero attached hydrogens (tertiary/aromatic N) is 4. The standard InChI is InChI=1S/C18H19F3N4O3/c19-18(20,21)13-5-1-2-6-15(13)25-11-14(22-23-25)17(28)24-9-3-4-12(10-24)7-8-16(26)27/h1-2,5-6,11-12H,3-4,7-10H2,(H,26,27). The lowest BCUT2D eigenvalue weighted by atomic mass is 9.93. The quantitative estimate of drug-likeness (QED) is 0.839. The van der Waals surface area contributed by atoms with Gasteiger partial charge in [-0.1, -0.05) is 17.3 Å². The zero-order valence-corrected chi connectivity index (χ0v) is 14.9. The van der Waals surface area contributed by atoms with Crippen molar-refractivity contribution in [2.24, 2.45) is 5.92 Å². The van der Waals surface area contributed by atoms with Crippen molar-refractivity contribution in [3.8, 4) is 5.69 Å². The first kappa shape index (κ1) is 19.8. The molecule has 0 bridgehead atoms. The number of piperidine rings is 1. The van der Waals surface area contributed by atoms with E-state index in [0.717, 1.165) is 23.6 Å².